The molecule has 110 valence electrons. The van der Waals surface area contributed by atoms with Crippen LogP contribution in [0.3, 0.4) is 0 Å². The minimum Gasteiger partial charge on any atom is -0.507 e. The second-order valence-electron chi connectivity index (χ2n) is 4.67. The lowest BCUT2D eigenvalue weighted by atomic mass is 10.0. The number of fused-ring (bicyclic) bond motifs is 1. The van der Waals surface area contributed by atoms with Gasteiger partial charge >= 0.3 is 11.6 Å². The molecule has 0 aliphatic carbocycles. The van der Waals surface area contributed by atoms with Crippen LogP contribution in [0.2, 0.25) is 0 Å². The lowest BCUT2D eigenvalue weighted by Crippen LogP contribution is -2.12. The number of aromatic hydroxyl groups is 1. The molecule has 5 nitrogen and oxygen atoms in total. The van der Waals surface area contributed by atoms with Crippen LogP contribution in [0.4, 0.5) is 4.39 Å². The number of carboxylic acid groups (broad SMARTS) is 1. The predicted molar refractivity (Wildman–Crippen MR) is 76.5 cm³/mol. The Morgan fingerprint density at radius 2 is 1.77 bits per heavy atom. The molecule has 0 saturated carbocycles. The minimum absolute atomic E-state index is 0.0679. The minimum atomic E-state index is -1.40. The van der Waals surface area contributed by atoms with Crippen LogP contribution in [0.25, 0.3) is 22.1 Å². The summed E-state index contributed by atoms with van der Waals surface area (Å²) >= 11 is 0. The number of phenols is 1. The highest BCUT2D eigenvalue weighted by molar-refractivity contribution is 5.93. The molecule has 22 heavy (non-hydrogen) atoms. The van der Waals surface area contributed by atoms with Crippen molar-refractivity contribution in [3.05, 3.63) is 64.3 Å². The van der Waals surface area contributed by atoms with Crippen molar-refractivity contribution in [1.82, 2.24) is 0 Å². The van der Waals surface area contributed by atoms with Gasteiger partial charge in [0.15, 0.2) is 0 Å². The first-order chi connectivity index (χ1) is 10.5. The van der Waals surface area contributed by atoms with Gasteiger partial charge in [-0.1, -0.05) is 12.1 Å². The fourth-order valence-electron chi connectivity index (χ4n) is 2.17. The Bertz CT molecular complexity index is 941. The number of rotatable bonds is 2. The Morgan fingerprint density at radius 1 is 1.09 bits per heavy atom. The highest BCUT2D eigenvalue weighted by atomic mass is 19.1. The van der Waals surface area contributed by atoms with Gasteiger partial charge in [0.25, 0.3) is 0 Å². The van der Waals surface area contributed by atoms with Gasteiger partial charge in [0.05, 0.1) is 0 Å². The van der Waals surface area contributed by atoms with Crippen molar-refractivity contribution < 1.29 is 23.8 Å². The summed E-state index contributed by atoms with van der Waals surface area (Å²) < 4.78 is 17.9. The van der Waals surface area contributed by atoms with Gasteiger partial charge in [0, 0.05) is 17.0 Å². The Hall–Kier alpha value is -3.15. The molecular weight excluding hydrogens is 291 g/mol. The van der Waals surface area contributed by atoms with Crippen LogP contribution in [-0.4, -0.2) is 16.2 Å². The van der Waals surface area contributed by atoms with Gasteiger partial charge in [-0.2, -0.15) is 0 Å². The van der Waals surface area contributed by atoms with Gasteiger partial charge in [0.1, 0.15) is 22.7 Å². The van der Waals surface area contributed by atoms with Crippen LogP contribution in [0.1, 0.15) is 10.4 Å². The van der Waals surface area contributed by atoms with E-state index < -0.39 is 23.0 Å². The average molecular weight is 300 g/mol. The maximum absolute atomic E-state index is 13.0. The quantitative estimate of drug-likeness (QED) is 0.710. The second-order valence-corrected chi connectivity index (χ2v) is 4.67. The van der Waals surface area contributed by atoms with E-state index in [1.54, 1.807) is 0 Å². The second kappa shape index (κ2) is 5.00. The molecule has 0 aliphatic rings. The van der Waals surface area contributed by atoms with Crippen molar-refractivity contribution in [3.8, 4) is 16.9 Å². The van der Waals surface area contributed by atoms with Gasteiger partial charge in [-0.25, -0.2) is 14.0 Å². The van der Waals surface area contributed by atoms with Crippen LogP contribution in [-0.2, 0) is 0 Å². The van der Waals surface area contributed by atoms with Gasteiger partial charge in [-0.15, -0.1) is 0 Å². The third kappa shape index (κ3) is 2.31. The lowest BCUT2D eigenvalue weighted by molar-refractivity contribution is 0.0692. The summed E-state index contributed by atoms with van der Waals surface area (Å²) in [6, 6.07) is 9.32. The highest BCUT2D eigenvalue weighted by Gasteiger charge is 2.14. The molecule has 0 spiro atoms. The topological polar surface area (TPSA) is 87.7 Å². The molecule has 0 fully saturated rings. The van der Waals surface area contributed by atoms with Crippen molar-refractivity contribution in [2.75, 3.05) is 0 Å². The third-order valence-corrected chi connectivity index (χ3v) is 3.24. The van der Waals surface area contributed by atoms with Crippen molar-refractivity contribution in [2.24, 2.45) is 0 Å². The summed E-state index contributed by atoms with van der Waals surface area (Å²) in [6.45, 7) is 0. The molecule has 0 amide bonds. The molecular formula is C16H9FO5. The normalized spacial score (nSPS) is 10.8. The van der Waals surface area contributed by atoms with E-state index in [2.05, 4.69) is 0 Å². The average Bonchev–Trinajstić information content (AvgIpc) is 2.47. The molecule has 3 aromatic rings. The number of phenolic OH excluding ortho intramolecular Hbond substituents is 1. The molecule has 0 saturated heterocycles. The first kappa shape index (κ1) is 13.8. The molecule has 6 heteroatoms. The van der Waals surface area contributed by atoms with E-state index in [0.717, 1.165) is 0 Å². The van der Waals surface area contributed by atoms with Crippen molar-refractivity contribution in [2.45, 2.75) is 0 Å². The number of carboxylic acids is 1. The molecule has 2 N–H and O–H groups in total. The first-order valence-electron chi connectivity index (χ1n) is 6.26. The summed E-state index contributed by atoms with van der Waals surface area (Å²) in [5, 5.41) is 19.3. The third-order valence-electron chi connectivity index (χ3n) is 3.24. The zero-order valence-corrected chi connectivity index (χ0v) is 11.0. The van der Waals surface area contributed by atoms with Crippen molar-refractivity contribution >= 4 is 16.9 Å². The number of carbonyl (C=O) groups is 1. The standard InChI is InChI=1S/C16H9FO5/c17-10-3-1-8(2-4-10)11-5-9-6-12(15(19)20)16(21)22-14(9)7-13(11)18/h1-7,18H,(H,19,20). The first-order valence-corrected chi connectivity index (χ1v) is 6.26. The van der Waals surface area contributed by atoms with E-state index in [1.165, 1.54) is 42.5 Å². The van der Waals surface area contributed by atoms with Crippen LogP contribution in [0.15, 0.2) is 51.7 Å². The summed E-state index contributed by atoms with van der Waals surface area (Å²) in [7, 11) is 0. The zero-order valence-electron chi connectivity index (χ0n) is 11.0. The summed E-state index contributed by atoms with van der Waals surface area (Å²) in [4.78, 5) is 22.5. The van der Waals surface area contributed by atoms with Crippen LogP contribution in [0, 0.1) is 5.82 Å². The number of benzene rings is 2. The molecule has 1 heterocycles. The Morgan fingerprint density at radius 3 is 2.41 bits per heavy atom. The maximum Gasteiger partial charge on any atom is 0.351 e. The van der Waals surface area contributed by atoms with E-state index in [9.17, 15) is 19.1 Å². The summed E-state index contributed by atoms with van der Waals surface area (Å²) in [6.07, 6.45) is 0. The maximum atomic E-state index is 13.0. The van der Waals surface area contributed by atoms with E-state index in [1.807, 2.05) is 0 Å². The van der Waals surface area contributed by atoms with E-state index in [-0.39, 0.29) is 11.3 Å². The Kier molecular flexibility index (Phi) is 3.14. The number of hydrogen-bond acceptors (Lipinski definition) is 4. The van der Waals surface area contributed by atoms with Crippen LogP contribution < -0.4 is 5.63 Å². The summed E-state index contributed by atoms with van der Waals surface area (Å²) in [5.74, 6) is -1.97. The molecule has 0 atom stereocenters. The van der Waals surface area contributed by atoms with E-state index in [0.29, 0.717) is 16.5 Å². The zero-order chi connectivity index (χ0) is 15.9. The van der Waals surface area contributed by atoms with Crippen LogP contribution in [0.5, 0.6) is 5.75 Å². The van der Waals surface area contributed by atoms with E-state index >= 15 is 0 Å². The highest BCUT2D eigenvalue weighted by Crippen LogP contribution is 2.33. The van der Waals surface area contributed by atoms with Gasteiger partial charge in [-0.3, -0.25) is 0 Å². The monoisotopic (exact) mass is 300 g/mol. The molecule has 0 aliphatic heterocycles. The molecule has 0 bridgehead atoms. The molecule has 2 aromatic carbocycles. The van der Waals surface area contributed by atoms with Gasteiger partial charge < -0.3 is 14.6 Å². The summed E-state index contributed by atoms with van der Waals surface area (Å²) in [5.41, 5.74) is -0.503. The van der Waals surface area contributed by atoms with Gasteiger partial charge in [-0.05, 0) is 29.8 Å². The molecule has 0 unspecified atom stereocenters. The molecule has 0 radical (unpaired) electrons. The van der Waals surface area contributed by atoms with Crippen LogP contribution >= 0.6 is 0 Å². The Balaban J connectivity index is 2.26. The number of aromatic carboxylic acids is 1. The number of hydrogen-bond donors (Lipinski definition) is 2. The predicted octanol–water partition coefficient (Wildman–Crippen LogP) is 3.00. The largest absolute Gasteiger partial charge is 0.507 e. The fraction of sp³-hybridized carbons (Fsp3) is 0. The Labute approximate surface area is 122 Å². The molecule has 1 aromatic heterocycles. The SMILES string of the molecule is O=C(O)c1cc2cc(-c3ccc(F)cc3)c(O)cc2oc1=O. The van der Waals surface area contributed by atoms with E-state index in [4.69, 9.17) is 9.52 Å². The lowest BCUT2D eigenvalue weighted by Gasteiger charge is -2.07. The smallest absolute Gasteiger partial charge is 0.351 e. The van der Waals surface area contributed by atoms with Crippen molar-refractivity contribution in [1.29, 1.82) is 0 Å². The number of halogens is 1. The van der Waals surface area contributed by atoms with Gasteiger partial charge in [0.2, 0.25) is 0 Å². The fourth-order valence-corrected chi connectivity index (χ4v) is 2.17. The van der Waals surface area contributed by atoms with Crippen molar-refractivity contribution in [3.63, 3.8) is 0 Å². The molecule has 3 rings (SSSR count).